The second-order valence-corrected chi connectivity index (χ2v) is 8.67. The molecule has 0 saturated heterocycles. The molecule has 28 heavy (non-hydrogen) atoms. The summed E-state index contributed by atoms with van der Waals surface area (Å²) in [6.07, 6.45) is 3.23. The van der Waals surface area contributed by atoms with Crippen molar-refractivity contribution in [3.8, 4) is 5.75 Å². The maximum absolute atomic E-state index is 13.8. The van der Waals surface area contributed by atoms with Crippen LogP contribution >= 0.6 is 11.3 Å². The van der Waals surface area contributed by atoms with Gasteiger partial charge in [-0.05, 0) is 63.3 Å². The van der Waals surface area contributed by atoms with Gasteiger partial charge < -0.3 is 15.4 Å². The number of fused-ring (bicyclic) bond motifs is 1. The van der Waals surface area contributed by atoms with Crippen LogP contribution in [0, 0.1) is 25.6 Å². The quantitative estimate of drug-likeness (QED) is 0.791. The van der Waals surface area contributed by atoms with E-state index in [0.29, 0.717) is 34.9 Å². The molecule has 0 bridgehead atoms. The standard InChI is InChI=1S/C21H23FN2O3S/c1-11-12(2)28-21(24-19(25)13-5-6-13)18(11)20(26)23-16-4-3-9-27-17-8-7-14(22)10-15(16)17/h7-8,10,13,16H,3-6,9H2,1-2H3,(H,23,26)(H,24,25). The molecule has 1 saturated carbocycles. The van der Waals surface area contributed by atoms with Gasteiger partial charge in [-0.15, -0.1) is 11.3 Å². The van der Waals surface area contributed by atoms with Gasteiger partial charge in [0.1, 0.15) is 16.6 Å². The molecule has 2 heterocycles. The first-order chi connectivity index (χ1) is 13.4. The van der Waals surface area contributed by atoms with Gasteiger partial charge in [-0.2, -0.15) is 0 Å². The lowest BCUT2D eigenvalue weighted by Crippen LogP contribution is -2.29. The van der Waals surface area contributed by atoms with E-state index in [4.69, 9.17) is 4.74 Å². The zero-order chi connectivity index (χ0) is 19.8. The van der Waals surface area contributed by atoms with Crippen LogP contribution in [0.3, 0.4) is 0 Å². The molecule has 1 aliphatic heterocycles. The van der Waals surface area contributed by atoms with Crippen molar-refractivity contribution in [3.63, 3.8) is 0 Å². The number of rotatable bonds is 4. The Bertz CT molecular complexity index is 936. The number of hydrogen-bond acceptors (Lipinski definition) is 4. The molecule has 1 atom stereocenters. The van der Waals surface area contributed by atoms with Crippen LogP contribution in [0.4, 0.5) is 9.39 Å². The van der Waals surface area contributed by atoms with E-state index in [-0.39, 0.29) is 29.6 Å². The molecule has 2 N–H and O–H groups in total. The number of hydrogen-bond donors (Lipinski definition) is 2. The van der Waals surface area contributed by atoms with Crippen LogP contribution in [0.15, 0.2) is 18.2 Å². The fourth-order valence-corrected chi connectivity index (χ4v) is 4.54. The van der Waals surface area contributed by atoms with Gasteiger partial charge in [-0.3, -0.25) is 9.59 Å². The number of nitrogens with one attached hydrogen (secondary N) is 2. The highest BCUT2D eigenvalue weighted by molar-refractivity contribution is 7.16. The van der Waals surface area contributed by atoms with E-state index in [1.165, 1.54) is 23.5 Å². The summed E-state index contributed by atoms with van der Waals surface area (Å²) in [5.74, 6) is 0.0289. The minimum absolute atomic E-state index is 0.0226. The Morgan fingerprint density at radius 3 is 2.75 bits per heavy atom. The highest BCUT2D eigenvalue weighted by Gasteiger charge is 2.32. The van der Waals surface area contributed by atoms with Crippen LogP contribution in [0.2, 0.25) is 0 Å². The second-order valence-electron chi connectivity index (χ2n) is 7.45. The molecule has 0 radical (unpaired) electrons. The Labute approximate surface area is 167 Å². The van der Waals surface area contributed by atoms with E-state index in [1.807, 2.05) is 13.8 Å². The topological polar surface area (TPSA) is 67.4 Å². The molecular formula is C21H23FN2O3S. The third-order valence-corrected chi connectivity index (χ3v) is 6.47. The normalized spacial score (nSPS) is 18.6. The molecule has 2 amide bonds. The van der Waals surface area contributed by atoms with E-state index < -0.39 is 0 Å². The molecule has 2 aromatic rings. The van der Waals surface area contributed by atoms with Crippen LogP contribution in [0.1, 0.15) is 58.1 Å². The number of halogens is 1. The van der Waals surface area contributed by atoms with Crippen molar-refractivity contribution in [3.05, 3.63) is 45.6 Å². The van der Waals surface area contributed by atoms with Crippen molar-refractivity contribution in [2.45, 2.75) is 45.6 Å². The first-order valence-electron chi connectivity index (χ1n) is 9.58. The summed E-state index contributed by atoms with van der Waals surface area (Å²) >= 11 is 1.42. The van der Waals surface area contributed by atoms with Gasteiger partial charge >= 0.3 is 0 Å². The summed E-state index contributed by atoms with van der Waals surface area (Å²) < 4.78 is 19.5. The lowest BCUT2D eigenvalue weighted by Gasteiger charge is -2.19. The third-order valence-electron chi connectivity index (χ3n) is 5.34. The zero-order valence-corrected chi connectivity index (χ0v) is 16.7. The molecule has 5 nitrogen and oxygen atoms in total. The lowest BCUT2D eigenvalue weighted by atomic mass is 10.0. The number of amides is 2. The average molecular weight is 402 g/mol. The first-order valence-corrected chi connectivity index (χ1v) is 10.4. The molecule has 1 aromatic heterocycles. The number of carbonyl (C=O) groups excluding carboxylic acids is 2. The fourth-order valence-electron chi connectivity index (χ4n) is 3.48. The van der Waals surface area contributed by atoms with Crippen molar-refractivity contribution >= 4 is 28.2 Å². The molecule has 1 aromatic carbocycles. The summed E-state index contributed by atoms with van der Waals surface area (Å²) in [5, 5.41) is 6.56. The van der Waals surface area contributed by atoms with Crippen LogP contribution < -0.4 is 15.4 Å². The van der Waals surface area contributed by atoms with Gasteiger partial charge in [0.2, 0.25) is 5.91 Å². The fraction of sp³-hybridized carbons (Fsp3) is 0.429. The summed E-state index contributed by atoms with van der Waals surface area (Å²) in [7, 11) is 0. The zero-order valence-electron chi connectivity index (χ0n) is 15.9. The molecular weight excluding hydrogens is 379 g/mol. The summed E-state index contributed by atoms with van der Waals surface area (Å²) in [6, 6.07) is 4.05. The van der Waals surface area contributed by atoms with E-state index >= 15 is 0 Å². The van der Waals surface area contributed by atoms with Crippen molar-refractivity contribution in [2.75, 3.05) is 11.9 Å². The van der Waals surface area contributed by atoms with Crippen LogP contribution in [0.5, 0.6) is 5.75 Å². The number of anilines is 1. The highest BCUT2D eigenvalue weighted by Crippen LogP contribution is 2.37. The Hall–Kier alpha value is -2.41. The third kappa shape index (κ3) is 3.76. The number of carbonyl (C=O) groups is 2. The number of benzene rings is 1. The molecule has 1 aliphatic carbocycles. The maximum Gasteiger partial charge on any atom is 0.255 e. The molecule has 148 valence electrons. The predicted molar refractivity (Wildman–Crippen MR) is 106 cm³/mol. The van der Waals surface area contributed by atoms with Crippen LogP contribution in [-0.2, 0) is 4.79 Å². The predicted octanol–water partition coefficient (Wildman–Crippen LogP) is 4.50. The highest BCUT2D eigenvalue weighted by atomic mass is 32.1. The minimum atomic E-state index is -0.358. The second kappa shape index (κ2) is 7.54. The van der Waals surface area contributed by atoms with Crippen molar-refractivity contribution < 1.29 is 18.7 Å². The molecule has 4 rings (SSSR count). The number of thiophene rings is 1. The molecule has 2 aliphatic rings. The number of ether oxygens (including phenoxy) is 1. The van der Waals surface area contributed by atoms with Gasteiger partial charge in [0.25, 0.3) is 5.91 Å². The van der Waals surface area contributed by atoms with E-state index in [2.05, 4.69) is 10.6 Å². The van der Waals surface area contributed by atoms with Crippen molar-refractivity contribution in [2.24, 2.45) is 5.92 Å². The Morgan fingerprint density at radius 1 is 1.21 bits per heavy atom. The van der Waals surface area contributed by atoms with Crippen molar-refractivity contribution in [1.29, 1.82) is 0 Å². The van der Waals surface area contributed by atoms with Crippen molar-refractivity contribution in [1.82, 2.24) is 5.32 Å². The minimum Gasteiger partial charge on any atom is -0.493 e. The average Bonchev–Trinajstić information content (AvgIpc) is 3.47. The summed E-state index contributed by atoms with van der Waals surface area (Å²) in [6.45, 7) is 4.36. The monoisotopic (exact) mass is 402 g/mol. The Balaban J connectivity index is 1.60. The largest absolute Gasteiger partial charge is 0.493 e. The Kier molecular flexibility index (Phi) is 5.10. The smallest absolute Gasteiger partial charge is 0.255 e. The van der Waals surface area contributed by atoms with Crippen LogP contribution in [0.25, 0.3) is 0 Å². The number of aryl methyl sites for hydroxylation is 1. The first kappa shape index (κ1) is 18.9. The molecule has 7 heteroatoms. The van der Waals surface area contributed by atoms with Gasteiger partial charge in [-0.1, -0.05) is 0 Å². The van der Waals surface area contributed by atoms with E-state index in [9.17, 15) is 14.0 Å². The summed E-state index contributed by atoms with van der Waals surface area (Å²) in [5.41, 5.74) is 2.01. The van der Waals surface area contributed by atoms with Crippen LogP contribution in [-0.4, -0.2) is 18.4 Å². The lowest BCUT2D eigenvalue weighted by molar-refractivity contribution is -0.117. The molecule has 1 fully saturated rings. The van der Waals surface area contributed by atoms with Gasteiger partial charge in [-0.25, -0.2) is 4.39 Å². The maximum atomic E-state index is 13.8. The van der Waals surface area contributed by atoms with Gasteiger partial charge in [0, 0.05) is 16.4 Å². The van der Waals surface area contributed by atoms with E-state index in [1.54, 1.807) is 6.07 Å². The molecule has 1 unspecified atom stereocenters. The molecule has 0 spiro atoms. The van der Waals surface area contributed by atoms with Gasteiger partial charge in [0.05, 0.1) is 18.2 Å². The van der Waals surface area contributed by atoms with E-state index in [0.717, 1.165) is 29.7 Å². The SMILES string of the molecule is Cc1sc(NC(=O)C2CC2)c(C(=O)NC2CCCOc3ccc(F)cc32)c1C. The summed E-state index contributed by atoms with van der Waals surface area (Å²) in [4.78, 5) is 26.4. The van der Waals surface area contributed by atoms with Gasteiger partial charge in [0.15, 0.2) is 0 Å². The Morgan fingerprint density at radius 2 is 2.00 bits per heavy atom.